The molecule has 3 heterocycles. The SMILES string of the molecule is Cc1nn(-c2ccccc2)c(C)c1CN1CCc2nc(C(F)(F)F)ncc2C1. The lowest BCUT2D eigenvalue weighted by Gasteiger charge is -2.28. The van der Waals surface area contributed by atoms with Gasteiger partial charge in [0, 0.05) is 49.1 Å². The van der Waals surface area contributed by atoms with Crippen LogP contribution in [0.1, 0.15) is 34.0 Å². The Morgan fingerprint density at radius 1 is 1.11 bits per heavy atom. The van der Waals surface area contributed by atoms with Gasteiger partial charge in [0.2, 0.25) is 5.82 Å². The molecule has 0 spiro atoms. The van der Waals surface area contributed by atoms with Gasteiger partial charge in [0.05, 0.1) is 17.1 Å². The molecule has 1 aromatic carbocycles. The lowest BCUT2D eigenvalue weighted by atomic mass is 10.1. The average molecular weight is 387 g/mol. The van der Waals surface area contributed by atoms with Crippen LogP contribution in [0.15, 0.2) is 36.5 Å². The minimum Gasteiger partial charge on any atom is -0.294 e. The van der Waals surface area contributed by atoms with Gasteiger partial charge in [-0.15, -0.1) is 0 Å². The number of nitrogens with zero attached hydrogens (tertiary/aromatic N) is 5. The molecule has 4 rings (SSSR count). The van der Waals surface area contributed by atoms with Crippen LogP contribution in [-0.4, -0.2) is 31.2 Å². The third kappa shape index (κ3) is 3.52. The number of hydrogen-bond acceptors (Lipinski definition) is 4. The smallest absolute Gasteiger partial charge is 0.294 e. The summed E-state index contributed by atoms with van der Waals surface area (Å²) < 4.78 is 40.4. The molecule has 0 amide bonds. The molecule has 0 fully saturated rings. The first kappa shape index (κ1) is 18.6. The summed E-state index contributed by atoms with van der Waals surface area (Å²) in [5, 5.41) is 4.67. The summed E-state index contributed by atoms with van der Waals surface area (Å²) in [6.45, 7) is 5.89. The Balaban J connectivity index is 1.55. The van der Waals surface area contributed by atoms with E-state index in [1.54, 1.807) is 0 Å². The topological polar surface area (TPSA) is 46.8 Å². The molecule has 1 aliphatic heterocycles. The minimum absolute atomic E-state index is 0.478. The highest BCUT2D eigenvalue weighted by Gasteiger charge is 2.35. The van der Waals surface area contributed by atoms with Crippen LogP contribution in [-0.2, 0) is 25.7 Å². The van der Waals surface area contributed by atoms with Crippen molar-refractivity contribution in [2.75, 3.05) is 6.54 Å². The van der Waals surface area contributed by atoms with E-state index >= 15 is 0 Å². The third-order valence-electron chi connectivity index (χ3n) is 5.09. The molecule has 146 valence electrons. The first-order valence-electron chi connectivity index (χ1n) is 9.08. The second-order valence-corrected chi connectivity index (χ2v) is 7.02. The van der Waals surface area contributed by atoms with Crippen molar-refractivity contribution in [2.24, 2.45) is 0 Å². The molecule has 0 bridgehead atoms. The summed E-state index contributed by atoms with van der Waals surface area (Å²) in [7, 11) is 0. The summed E-state index contributed by atoms with van der Waals surface area (Å²) in [6.07, 6.45) is -2.72. The van der Waals surface area contributed by atoms with Gasteiger partial charge >= 0.3 is 6.18 Å². The largest absolute Gasteiger partial charge is 0.451 e. The van der Waals surface area contributed by atoms with Gasteiger partial charge in [-0.05, 0) is 26.0 Å². The van der Waals surface area contributed by atoms with E-state index in [0.717, 1.165) is 28.2 Å². The van der Waals surface area contributed by atoms with Crippen molar-refractivity contribution < 1.29 is 13.2 Å². The minimum atomic E-state index is -4.51. The van der Waals surface area contributed by atoms with Crippen LogP contribution in [0.25, 0.3) is 5.69 Å². The van der Waals surface area contributed by atoms with Gasteiger partial charge in [0.1, 0.15) is 0 Å². The van der Waals surface area contributed by atoms with Crippen LogP contribution in [0.4, 0.5) is 13.2 Å². The molecule has 28 heavy (non-hydrogen) atoms. The Hall–Kier alpha value is -2.74. The molecule has 0 radical (unpaired) electrons. The summed E-state index contributed by atoms with van der Waals surface area (Å²) in [4.78, 5) is 9.43. The maximum absolute atomic E-state index is 12.8. The van der Waals surface area contributed by atoms with Crippen molar-refractivity contribution in [1.29, 1.82) is 0 Å². The van der Waals surface area contributed by atoms with E-state index in [-0.39, 0.29) is 0 Å². The molecule has 0 N–H and O–H groups in total. The third-order valence-corrected chi connectivity index (χ3v) is 5.09. The summed E-state index contributed by atoms with van der Waals surface area (Å²) >= 11 is 0. The van der Waals surface area contributed by atoms with Gasteiger partial charge in [-0.3, -0.25) is 4.90 Å². The molecule has 3 aromatic rings. The van der Waals surface area contributed by atoms with Crippen molar-refractivity contribution in [2.45, 2.75) is 39.5 Å². The van der Waals surface area contributed by atoms with E-state index in [1.807, 2.05) is 48.9 Å². The van der Waals surface area contributed by atoms with Crippen molar-refractivity contribution in [3.63, 3.8) is 0 Å². The quantitative estimate of drug-likeness (QED) is 0.685. The fourth-order valence-electron chi connectivity index (χ4n) is 3.59. The molecule has 0 unspecified atom stereocenters. The monoisotopic (exact) mass is 387 g/mol. The first-order valence-corrected chi connectivity index (χ1v) is 9.08. The zero-order valence-electron chi connectivity index (χ0n) is 15.7. The molecule has 8 heteroatoms. The van der Waals surface area contributed by atoms with Gasteiger partial charge in [-0.1, -0.05) is 18.2 Å². The molecular formula is C20H20F3N5. The maximum Gasteiger partial charge on any atom is 0.451 e. The van der Waals surface area contributed by atoms with Crippen LogP contribution in [0.5, 0.6) is 0 Å². The van der Waals surface area contributed by atoms with Gasteiger partial charge in [-0.2, -0.15) is 18.3 Å². The van der Waals surface area contributed by atoms with E-state index in [2.05, 4.69) is 20.0 Å². The Kier molecular flexibility index (Phi) is 4.66. The highest BCUT2D eigenvalue weighted by molar-refractivity contribution is 5.37. The van der Waals surface area contributed by atoms with Crippen LogP contribution >= 0.6 is 0 Å². The van der Waals surface area contributed by atoms with Crippen LogP contribution in [0, 0.1) is 13.8 Å². The second kappa shape index (κ2) is 7.01. The summed E-state index contributed by atoms with van der Waals surface area (Å²) in [5.74, 6) is -1.06. The zero-order valence-corrected chi connectivity index (χ0v) is 15.7. The van der Waals surface area contributed by atoms with Crippen molar-refractivity contribution >= 4 is 0 Å². The molecule has 0 saturated carbocycles. The lowest BCUT2D eigenvalue weighted by molar-refractivity contribution is -0.145. The number of halogens is 3. The van der Waals surface area contributed by atoms with E-state index in [9.17, 15) is 13.2 Å². The number of aryl methyl sites for hydroxylation is 1. The number of hydrogen-bond donors (Lipinski definition) is 0. The number of para-hydroxylation sites is 1. The Bertz CT molecular complexity index is 995. The average Bonchev–Trinajstić information content (AvgIpc) is 2.96. The summed E-state index contributed by atoms with van der Waals surface area (Å²) in [5.41, 5.74) is 5.41. The van der Waals surface area contributed by atoms with Gasteiger partial charge in [0.25, 0.3) is 0 Å². The molecule has 0 atom stereocenters. The van der Waals surface area contributed by atoms with Crippen molar-refractivity contribution in [3.8, 4) is 5.69 Å². The molecule has 2 aromatic heterocycles. The maximum atomic E-state index is 12.8. The van der Waals surface area contributed by atoms with Gasteiger partial charge < -0.3 is 0 Å². The normalized spacial score (nSPS) is 14.9. The number of fused-ring (bicyclic) bond motifs is 1. The molecule has 0 aliphatic carbocycles. The number of aromatic nitrogens is 4. The van der Waals surface area contributed by atoms with Crippen molar-refractivity contribution in [3.05, 3.63) is 70.6 Å². The molecular weight excluding hydrogens is 367 g/mol. The molecule has 1 aliphatic rings. The first-order chi connectivity index (χ1) is 13.3. The second-order valence-electron chi connectivity index (χ2n) is 7.02. The van der Waals surface area contributed by atoms with E-state index < -0.39 is 12.0 Å². The van der Waals surface area contributed by atoms with Crippen LogP contribution in [0.2, 0.25) is 0 Å². The van der Waals surface area contributed by atoms with E-state index in [1.165, 1.54) is 6.20 Å². The van der Waals surface area contributed by atoms with Crippen molar-refractivity contribution in [1.82, 2.24) is 24.6 Å². The number of benzene rings is 1. The van der Waals surface area contributed by atoms with Gasteiger partial charge in [0.15, 0.2) is 0 Å². The number of rotatable bonds is 3. The van der Waals surface area contributed by atoms with E-state index in [0.29, 0.717) is 31.7 Å². The Labute approximate surface area is 160 Å². The van der Waals surface area contributed by atoms with Gasteiger partial charge in [-0.25, -0.2) is 14.6 Å². The highest BCUT2D eigenvalue weighted by atomic mass is 19.4. The standard InChI is InChI=1S/C20H20F3N5/c1-13-17(14(2)28(26-13)16-6-4-3-5-7-16)12-27-9-8-18-15(11-27)10-24-19(25-18)20(21,22)23/h3-7,10H,8-9,11-12H2,1-2H3. The summed E-state index contributed by atoms with van der Waals surface area (Å²) in [6, 6.07) is 9.93. The fraction of sp³-hybridized carbons (Fsp3) is 0.350. The Morgan fingerprint density at radius 2 is 1.86 bits per heavy atom. The van der Waals surface area contributed by atoms with Crippen LogP contribution in [0.3, 0.4) is 0 Å². The predicted molar refractivity (Wildman–Crippen MR) is 97.9 cm³/mol. The number of alkyl halides is 3. The fourth-order valence-corrected chi connectivity index (χ4v) is 3.59. The predicted octanol–water partition coefficient (Wildman–Crippen LogP) is 3.86. The Morgan fingerprint density at radius 3 is 2.57 bits per heavy atom. The van der Waals surface area contributed by atoms with Crippen LogP contribution < -0.4 is 0 Å². The molecule has 5 nitrogen and oxygen atoms in total. The lowest BCUT2D eigenvalue weighted by Crippen LogP contribution is -2.32. The van der Waals surface area contributed by atoms with E-state index in [4.69, 9.17) is 0 Å². The zero-order chi connectivity index (χ0) is 19.9. The molecule has 0 saturated heterocycles. The highest BCUT2D eigenvalue weighted by Crippen LogP contribution is 2.28.